The van der Waals surface area contributed by atoms with E-state index in [9.17, 15) is 0 Å². The number of unbranched alkanes of at least 4 members (excludes halogenated alkanes) is 6. The van der Waals surface area contributed by atoms with Crippen molar-refractivity contribution in [3.63, 3.8) is 0 Å². The van der Waals surface area contributed by atoms with Crippen LogP contribution in [0.15, 0.2) is 0 Å². The predicted molar refractivity (Wildman–Crippen MR) is 72.0 cm³/mol. The maximum atomic E-state index is 2.29. The van der Waals surface area contributed by atoms with Crippen LogP contribution in [0.1, 0.15) is 77.6 Å². The summed E-state index contributed by atoms with van der Waals surface area (Å²) in [7, 11) is 1.78. The molecule has 0 nitrogen and oxygen atoms in total. The molecule has 89 valence electrons. The lowest BCUT2D eigenvalue weighted by molar-refractivity contribution is 0.603. The molecule has 0 aromatic heterocycles. The number of hydrogen-bond acceptors (Lipinski definition) is 0. The smallest absolute Gasteiger partial charge is 0.0170 e. The van der Waals surface area contributed by atoms with Gasteiger partial charge in [-0.15, -0.1) is 0 Å². The SMILES string of the molecule is CCCCCCCCC[P]C1CCCC1. The molecule has 1 aliphatic carbocycles. The summed E-state index contributed by atoms with van der Waals surface area (Å²) in [5.41, 5.74) is 1.09. The van der Waals surface area contributed by atoms with Crippen molar-refractivity contribution in [2.24, 2.45) is 0 Å². The quantitative estimate of drug-likeness (QED) is 0.354. The van der Waals surface area contributed by atoms with E-state index in [2.05, 4.69) is 6.92 Å². The van der Waals surface area contributed by atoms with Gasteiger partial charge in [0.1, 0.15) is 0 Å². The molecule has 1 heteroatoms. The van der Waals surface area contributed by atoms with E-state index in [-0.39, 0.29) is 0 Å². The van der Waals surface area contributed by atoms with Gasteiger partial charge in [0.05, 0.1) is 0 Å². The van der Waals surface area contributed by atoms with Crippen molar-refractivity contribution in [2.75, 3.05) is 6.16 Å². The highest BCUT2D eigenvalue weighted by Crippen LogP contribution is 2.34. The molecule has 1 saturated carbocycles. The zero-order chi connectivity index (χ0) is 10.8. The van der Waals surface area contributed by atoms with Gasteiger partial charge < -0.3 is 0 Å². The van der Waals surface area contributed by atoms with Gasteiger partial charge in [0.2, 0.25) is 0 Å². The first-order chi connectivity index (χ1) is 7.43. The first-order valence-electron chi connectivity index (χ1n) is 7.10. The molecule has 1 rings (SSSR count). The van der Waals surface area contributed by atoms with Crippen molar-refractivity contribution in [1.82, 2.24) is 0 Å². The van der Waals surface area contributed by atoms with Crippen molar-refractivity contribution in [3.05, 3.63) is 0 Å². The van der Waals surface area contributed by atoms with E-state index < -0.39 is 0 Å². The van der Waals surface area contributed by atoms with E-state index in [1.807, 2.05) is 0 Å². The lowest BCUT2D eigenvalue weighted by Crippen LogP contribution is -1.92. The van der Waals surface area contributed by atoms with Crippen molar-refractivity contribution >= 4 is 8.58 Å². The van der Waals surface area contributed by atoms with E-state index in [1.165, 1.54) is 76.8 Å². The summed E-state index contributed by atoms with van der Waals surface area (Å²) in [6.45, 7) is 2.29. The van der Waals surface area contributed by atoms with Crippen LogP contribution in [0, 0.1) is 0 Å². The lowest BCUT2D eigenvalue weighted by atomic mass is 10.1. The minimum atomic E-state index is 1.09. The van der Waals surface area contributed by atoms with Crippen LogP contribution in [0.25, 0.3) is 0 Å². The number of rotatable bonds is 9. The zero-order valence-electron chi connectivity index (χ0n) is 10.5. The van der Waals surface area contributed by atoms with Crippen molar-refractivity contribution in [2.45, 2.75) is 83.2 Å². The maximum absolute atomic E-state index is 2.29. The van der Waals surface area contributed by atoms with Crippen molar-refractivity contribution < 1.29 is 0 Å². The summed E-state index contributed by atoms with van der Waals surface area (Å²) in [5.74, 6) is 0. The molecule has 1 fully saturated rings. The lowest BCUT2D eigenvalue weighted by Gasteiger charge is -2.07. The van der Waals surface area contributed by atoms with Crippen LogP contribution < -0.4 is 0 Å². The van der Waals surface area contributed by atoms with Crippen molar-refractivity contribution in [3.8, 4) is 0 Å². The van der Waals surface area contributed by atoms with Gasteiger partial charge >= 0.3 is 0 Å². The third-order valence-electron chi connectivity index (χ3n) is 3.47. The Kier molecular flexibility index (Phi) is 8.67. The first-order valence-corrected chi connectivity index (χ1v) is 8.25. The topological polar surface area (TPSA) is 0 Å². The molecule has 0 bridgehead atoms. The maximum Gasteiger partial charge on any atom is -0.0170 e. The Bertz CT molecular complexity index is 127. The Morgan fingerprint density at radius 2 is 1.47 bits per heavy atom. The van der Waals surface area contributed by atoms with E-state index in [0.717, 1.165) is 5.66 Å². The Labute approximate surface area is 98.4 Å². The largest absolute Gasteiger partial charge is 0.0775 e. The Morgan fingerprint density at radius 3 is 2.13 bits per heavy atom. The molecule has 0 saturated heterocycles. The van der Waals surface area contributed by atoms with Gasteiger partial charge in [-0.25, -0.2) is 0 Å². The predicted octanol–water partition coefficient (Wildman–Crippen LogP) is 5.63. The van der Waals surface area contributed by atoms with Gasteiger partial charge in [0.15, 0.2) is 0 Å². The molecule has 0 aliphatic heterocycles. The summed E-state index contributed by atoms with van der Waals surface area (Å²) >= 11 is 0. The normalized spacial score (nSPS) is 18.2. The van der Waals surface area contributed by atoms with Gasteiger partial charge in [-0.05, 0) is 31.1 Å². The molecular weight excluding hydrogens is 199 g/mol. The molecule has 15 heavy (non-hydrogen) atoms. The molecule has 0 aromatic carbocycles. The summed E-state index contributed by atoms with van der Waals surface area (Å²) in [6, 6.07) is 0. The van der Waals surface area contributed by atoms with Gasteiger partial charge in [-0.3, -0.25) is 0 Å². The fourth-order valence-corrected chi connectivity index (χ4v) is 3.93. The third kappa shape index (κ3) is 7.34. The molecule has 0 amide bonds. The molecule has 0 atom stereocenters. The fraction of sp³-hybridized carbons (Fsp3) is 1.00. The van der Waals surface area contributed by atoms with Crippen LogP contribution in [0.3, 0.4) is 0 Å². The van der Waals surface area contributed by atoms with Crippen LogP contribution in [0.2, 0.25) is 0 Å². The Morgan fingerprint density at radius 1 is 0.867 bits per heavy atom. The second-order valence-electron chi connectivity index (χ2n) is 4.97. The van der Waals surface area contributed by atoms with Gasteiger partial charge in [0.25, 0.3) is 0 Å². The molecule has 0 unspecified atom stereocenters. The zero-order valence-corrected chi connectivity index (χ0v) is 11.4. The molecule has 0 N–H and O–H groups in total. The van der Waals surface area contributed by atoms with Gasteiger partial charge in [0, 0.05) is 0 Å². The highest BCUT2D eigenvalue weighted by atomic mass is 31.1. The van der Waals surface area contributed by atoms with Gasteiger partial charge in [-0.1, -0.05) is 66.9 Å². The average molecular weight is 227 g/mol. The number of hydrogen-bond donors (Lipinski definition) is 0. The van der Waals surface area contributed by atoms with Crippen molar-refractivity contribution in [1.29, 1.82) is 0 Å². The standard InChI is InChI=1S/C14H28P/c1-2-3-4-5-6-7-10-13-15-14-11-8-9-12-14/h14H,2-13H2,1H3. The van der Waals surface area contributed by atoms with Crippen LogP contribution in [0.4, 0.5) is 0 Å². The highest BCUT2D eigenvalue weighted by Gasteiger charge is 2.14. The third-order valence-corrected chi connectivity index (χ3v) is 5.08. The molecule has 1 aliphatic rings. The summed E-state index contributed by atoms with van der Waals surface area (Å²) in [5, 5.41) is 0. The van der Waals surface area contributed by atoms with E-state index >= 15 is 0 Å². The Hall–Kier alpha value is 0.430. The highest BCUT2D eigenvalue weighted by molar-refractivity contribution is 7.38. The second-order valence-corrected chi connectivity index (χ2v) is 6.51. The second kappa shape index (κ2) is 9.64. The van der Waals surface area contributed by atoms with E-state index in [4.69, 9.17) is 0 Å². The first kappa shape index (κ1) is 13.5. The molecule has 0 spiro atoms. The fourth-order valence-electron chi connectivity index (χ4n) is 2.43. The monoisotopic (exact) mass is 227 g/mol. The van der Waals surface area contributed by atoms with Crippen LogP contribution in [-0.4, -0.2) is 11.8 Å². The van der Waals surface area contributed by atoms with E-state index in [1.54, 1.807) is 8.58 Å². The van der Waals surface area contributed by atoms with Gasteiger partial charge in [-0.2, -0.15) is 0 Å². The molecule has 0 aromatic rings. The Balaban J connectivity index is 1.73. The molecule has 0 heterocycles. The molecule has 1 radical (unpaired) electrons. The minimum Gasteiger partial charge on any atom is -0.0775 e. The molecular formula is C14H28P. The summed E-state index contributed by atoms with van der Waals surface area (Å²) in [4.78, 5) is 0. The van der Waals surface area contributed by atoms with Crippen LogP contribution in [0.5, 0.6) is 0 Å². The van der Waals surface area contributed by atoms with Crippen LogP contribution >= 0.6 is 8.58 Å². The average Bonchev–Trinajstić information content (AvgIpc) is 2.75. The van der Waals surface area contributed by atoms with E-state index in [0.29, 0.717) is 0 Å². The summed E-state index contributed by atoms with van der Waals surface area (Å²) < 4.78 is 0. The minimum absolute atomic E-state index is 1.09. The van der Waals surface area contributed by atoms with Crippen LogP contribution in [-0.2, 0) is 0 Å². The summed E-state index contributed by atoms with van der Waals surface area (Å²) in [6.07, 6.45) is 17.8.